The van der Waals surface area contributed by atoms with Crippen molar-refractivity contribution in [1.82, 2.24) is 20.4 Å². The van der Waals surface area contributed by atoms with Crippen LogP contribution in [-0.2, 0) is 16.7 Å². The molecule has 1 aliphatic rings. The number of nitrogens with zero attached hydrogens (tertiary/aromatic N) is 3. The molecule has 0 saturated carbocycles. The Morgan fingerprint density at radius 1 is 1.30 bits per heavy atom. The second kappa shape index (κ2) is 7.24. The summed E-state index contributed by atoms with van der Waals surface area (Å²) in [5.41, 5.74) is 0.952. The SMILES string of the molecule is CCc1nc2ccc(NC(=O)NC3(c4nc(C)no4)CCOCC3)cc2s1. The molecule has 4 rings (SSSR count). The summed E-state index contributed by atoms with van der Waals surface area (Å²) < 4.78 is 11.9. The van der Waals surface area contributed by atoms with Crippen LogP contribution in [0.25, 0.3) is 10.2 Å². The van der Waals surface area contributed by atoms with Gasteiger partial charge in [-0.05, 0) is 31.5 Å². The Balaban J connectivity index is 1.53. The number of ether oxygens (including phenoxy) is 1. The van der Waals surface area contributed by atoms with Crippen molar-refractivity contribution >= 4 is 33.3 Å². The molecule has 2 N–H and O–H groups in total. The first-order chi connectivity index (χ1) is 13.1. The average Bonchev–Trinajstić information content (AvgIpc) is 3.28. The predicted octanol–water partition coefficient (Wildman–Crippen LogP) is 3.38. The summed E-state index contributed by atoms with van der Waals surface area (Å²) >= 11 is 1.64. The second-order valence-corrected chi connectivity index (χ2v) is 7.68. The Kier molecular flexibility index (Phi) is 4.79. The zero-order chi connectivity index (χ0) is 18.9. The molecule has 27 heavy (non-hydrogen) atoms. The maximum atomic E-state index is 12.7. The first-order valence-corrected chi connectivity index (χ1v) is 9.77. The molecule has 1 saturated heterocycles. The number of carbonyl (C=O) groups excluding carboxylic acids is 1. The molecule has 3 aromatic rings. The van der Waals surface area contributed by atoms with Crippen LogP contribution in [0.15, 0.2) is 22.7 Å². The lowest BCUT2D eigenvalue weighted by Crippen LogP contribution is -2.51. The summed E-state index contributed by atoms with van der Waals surface area (Å²) in [6, 6.07) is 5.41. The number of carbonyl (C=O) groups is 1. The highest BCUT2D eigenvalue weighted by molar-refractivity contribution is 7.18. The van der Waals surface area contributed by atoms with E-state index in [1.54, 1.807) is 18.3 Å². The molecular formula is C18H21N5O3S. The van der Waals surface area contributed by atoms with Gasteiger partial charge in [0.05, 0.1) is 15.2 Å². The Bertz CT molecular complexity index is 961. The van der Waals surface area contributed by atoms with Gasteiger partial charge in [0, 0.05) is 31.7 Å². The maximum Gasteiger partial charge on any atom is 0.320 e. The number of aromatic nitrogens is 3. The summed E-state index contributed by atoms with van der Waals surface area (Å²) in [6.45, 7) is 4.88. The summed E-state index contributed by atoms with van der Waals surface area (Å²) in [4.78, 5) is 21.6. The second-order valence-electron chi connectivity index (χ2n) is 6.56. The van der Waals surface area contributed by atoms with Crippen LogP contribution in [0, 0.1) is 6.92 Å². The molecular weight excluding hydrogens is 366 g/mol. The smallest absolute Gasteiger partial charge is 0.320 e. The van der Waals surface area contributed by atoms with E-state index in [4.69, 9.17) is 9.26 Å². The minimum atomic E-state index is -0.715. The number of anilines is 1. The molecule has 3 heterocycles. The zero-order valence-corrected chi connectivity index (χ0v) is 16.1. The van der Waals surface area contributed by atoms with Crippen LogP contribution in [0.2, 0.25) is 0 Å². The van der Waals surface area contributed by atoms with E-state index in [-0.39, 0.29) is 6.03 Å². The largest absolute Gasteiger partial charge is 0.381 e. The molecule has 2 amide bonds. The standard InChI is InChI=1S/C18H21N5O3S/c1-3-15-21-13-5-4-12(10-14(13)27-15)20-17(24)22-18(6-8-25-9-7-18)16-19-11(2)23-26-16/h4-5,10H,3,6-9H2,1-2H3,(H2,20,22,24). The van der Waals surface area contributed by atoms with E-state index < -0.39 is 5.54 Å². The van der Waals surface area contributed by atoms with Gasteiger partial charge in [-0.25, -0.2) is 9.78 Å². The molecule has 0 aliphatic carbocycles. The summed E-state index contributed by atoms with van der Waals surface area (Å²) in [5, 5.41) is 10.9. The average molecular weight is 387 g/mol. The molecule has 0 unspecified atom stereocenters. The first kappa shape index (κ1) is 17.9. The molecule has 0 bridgehead atoms. The Morgan fingerprint density at radius 2 is 2.11 bits per heavy atom. The van der Waals surface area contributed by atoms with Gasteiger partial charge in [0.25, 0.3) is 5.89 Å². The van der Waals surface area contributed by atoms with Gasteiger partial charge >= 0.3 is 6.03 Å². The van der Waals surface area contributed by atoms with Gasteiger partial charge in [-0.2, -0.15) is 4.98 Å². The number of hydrogen-bond donors (Lipinski definition) is 2. The number of nitrogens with one attached hydrogen (secondary N) is 2. The van der Waals surface area contributed by atoms with Crippen molar-refractivity contribution in [3.8, 4) is 0 Å². The summed E-state index contributed by atoms with van der Waals surface area (Å²) in [6.07, 6.45) is 2.06. The lowest BCUT2D eigenvalue weighted by Gasteiger charge is -2.34. The quantitative estimate of drug-likeness (QED) is 0.711. The van der Waals surface area contributed by atoms with Gasteiger partial charge in [-0.15, -0.1) is 11.3 Å². The number of hydrogen-bond acceptors (Lipinski definition) is 7. The summed E-state index contributed by atoms with van der Waals surface area (Å²) in [5.74, 6) is 0.962. The van der Waals surface area contributed by atoms with Crippen molar-refractivity contribution in [1.29, 1.82) is 0 Å². The lowest BCUT2D eigenvalue weighted by atomic mass is 9.90. The van der Waals surface area contributed by atoms with Crippen molar-refractivity contribution in [3.63, 3.8) is 0 Å². The van der Waals surface area contributed by atoms with Gasteiger partial charge in [0.15, 0.2) is 5.82 Å². The molecule has 2 aromatic heterocycles. The highest BCUT2D eigenvalue weighted by Crippen LogP contribution is 2.31. The first-order valence-electron chi connectivity index (χ1n) is 8.95. The summed E-state index contributed by atoms with van der Waals surface area (Å²) in [7, 11) is 0. The number of urea groups is 1. The van der Waals surface area contributed by atoms with E-state index in [2.05, 4.69) is 32.7 Å². The van der Waals surface area contributed by atoms with Crippen molar-refractivity contribution in [2.75, 3.05) is 18.5 Å². The van der Waals surface area contributed by atoms with Crippen LogP contribution in [0.4, 0.5) is 10.5 Å². The van der Waals surface area contributed by atoms with Crippen LogP contribution in [0.3, 0.4) is 0 Å². The zero-order valence-electron chi connectivity index (χ0n) is 15.2. The highest BCUT2D eigenvalue weighted by atomic mass is 32.1. The fraction of sp³-hybridized carbons (Fsp3) is 0.444. The van der Waals surface area contributed by atoms with Crippen LogP contribution < -0.4 is 10.6 Å². The fourth-order valence-electron chi connectivity index (χ4n) is 3.18. The predicted molar refractivity (Wildman–Crippen MR) is 102 cm³/mol. The number of amides is 2. The number of aryl methyl sites for hydroxylation is 2. The van der Waals surface area contributed by atoms with Crippen LogP contribution in [0.5, 0.6) is 0 Å². The molecule has 1 aliphatic heterocycles. The molecule has 0 spiro atoms. The number of fused-ring (bicyclic) bond motifs is 1. The van der Waals surface area contributed by atoms with Crippen LogP contribution in [0.1, 0.15) is 36.5 Å². The Labute approximate surface area is 160 Å². The van der Waals surface area contributed by atoms with E-state index in [1.165, 1.54) is 0 Å². The third-order valence-electron chi connectivity index (χ3n) is 4.63. The van der Waals surface area contributed by atoms with Crippen LogP contribution >= 0.6 is 11.3 Å². The van der Waals surface area contributed by atoms with Gasteiger partial charge < -0.3 is 19.9 Å². The van der Waals surface area contributed by atoms with E-state index >= 15 is 0 Å². The molecule has 0 radical (unpaired) electrons. The van der Waals surface area contributed by atoms with Gasteiger partial charge in [0.1, 0.15) is 5.54 Å². The third-order valence-corrected chi connectivity index (χ3v) is 5.79. The molecule has 8 nitrogen and oxygen atoms in total. The topological polar surface area (TPSA) is 102 Å². The van der Waals surface area contributed by atoms with Gasteiger partial charge in [-0.3, -0.25) is 0 Å². The number of rotatable bonds is 4. The molecule has 142 valence electrons. The normalized spacial score (nSPS) is 16.4. The third kappa shape index (κ3) is 3.65. The van der Waals surface area contributed by atoms with Crippen LogP contribution in [-0.4, -0.2) is 34.4 Å². The number of benzene rings is 1. The van der Waals surface area contributed by atoms with E-state index in [0.29, 0.717) is 37.8 Å². The Hall–Kier alpha value is -2.52. The maximum absolute atomic E-state index is 12.7. The van der Waals surface area contributed by atoms with Gasteiger partial charge in [-0.1, -0.05) is 12.1 Å². The van der Waals surface area contributed by atoms with Crippen molar-refractivity contribution in [2.45, 2.75) is 38.6 Å². The van der Waals surface area contributed by atoms with Crippen molar-refractivity contribution in [3.05, 3.63) is 34.9 Å². The minimum Gasteiger partial charge on any atom is -0.381 e. The molecule has 1 aromatic carbocycles. The molecule has 0 atom stereocenters. The van der Waals surface area contributed by atoms with E-state index in [9.17, 15) is 4.79 Å². The number of thiazole rings is 1. The highest BCUT2D eigenvalue weighted by Gasteiger charge is 2.41. The molecule has 1 fully saturated rings. The fourth-order valence-corrected chi connectivity index (χ4v) is 4.13. The van der Waals surface area contributed by atoms with Crippen molar-refractivity contribution < 1.29 is 14.1 Å². The van der Waals surface area contributed by atoms with E-state index in [1.807, 2.05) is 18.2 Å². The monoisotopic (exact) mass is 387 g/mol. The lowest BCUT2D eigenvalue weighted by molar-refractivity contribution is 0.0285. The van der Waals surface area contributed by atoms with Gasteiger partial charge in [0.2, 0.25) is 0 Å². The molecule has 9 heteroatoms. The Morgan fingerprint density at radius 3 is 2.81 bits per heavy atom. The van der Waals surface area contributed by atoms with E-state index in [0.717, 1.165) is 27.3 Å². The van der Waals surface area contributed by atoms with Crippen molar-refractivity contribution in [2.24, 2.45) is 0 Å². The minimum absolute atomic E-state index is 0.313.